The van der Waals surface area contributed by atoms with Crippen LogP contribution < -0.4 is 16.0 Å². The summed E-state index contributed by atoms with van der Waals surface area (Å²) in [7, 11) is 1.75. The van der Waals surface area contributed by atoms with E-state index in [0.29, 0.717) is 12.5 Å². The van der Waals surface area contributed by atoms with Gasteiger partial charge in [0, 0.05) is 30.9 Å². The normalized spacial score (nSPS) is 14.2. The minimum absolute atomic E-state index is 0. The second kappa shape index (κ2) is 9.99. The molecule has 1 saturated carbocycles. The zero-order chi connectivity index (χ0) is 14.2. The van der Waals surface area contributed by atoms with E-state index in [1.807, 2.05) is 6.07 Å². The van der Waals surface area contributed by atoms with Crippen LogP contribution in [0.4, 0.5) is 0 Å². The lowest BCUT2D eigenvalue weighted by Crippen LogP contribution is -2.37. The van der Waals surface area contributed by atoms with Crippen LogP contribution in [-0.4, -0.2) is 31.5 Å². The molecule has 1 aromatic heterocycles. The van der Waals surface area contributed by atoms with Gasteiger partial charge in [0.1, 0.15) is 0 Å². The van der Waals surface area contributed by atoms with E-state index in [1.165, 1.54) is 4.88 Å². The van der Waals surface area contributed by atoms with Crippen molar-refractivity contribution >= 4 is 47.2 Å². The third-order valence-electron chi connectivity index (χ3n) is 3.05. The Labute approximate surface area is 147 Å². The van der Waals surface area contributed by atoms with E-state index >= 15 is 0 Å². The zero-order valence-corrected chi connectivity index (χ0v) is 15.4. The van der Waals surface area contributed by atoms with Crippen molar-refractivity contribution < 1.29 is 4.79 Å². The summed E-state index contributed by atoms with van der Waals surface area (Å²) >= 11 is 1.72. The summed E-state index contributed by atoms with van der Waals surface area (Å²) < 4.78 is 0. The van der Waals surface area contributed by atoms with E-state index in [4.69, 9.17) is 0 Å². The van der Waals surface area contributed by atoms with Crippen molar-refractivity contribution in [3.63, 3.8) is 0 Å². The van der Waals surface area contributed by atoms with Gasteiger partial charge in [0.05, 0.1) is 6.54 Å². The van der Waals surface area contributed by atoms with Crippen LogP contribution in [-0.2, 0) is 11.3 Å². The lowest BCUT2D eigenvalue weighted by atomic mass is 10.3. The largest absolute Gasteiger partial charge is 0.356 e. The lowest BCUT2D eigenvalue weighted by molar-refractivity contribution is -0.121. The molecular weight excluding hydrogens is 399 g/mol. The Hall–Kier alpha value is -0.830. The third-order valence-corrected chi connectivity index (χ3v) is 3.93. The standard InChI is InChI=1S/C14H22N4OS.HI/c1-15-14(17-10-12-4-3-9-20-12)16-8-2-5-13(19)18-11-6-7-11;/h3-4,9,11H,2,5-8,10H2,1H3,(H,18,19)(H2,15,16,17);1H. The molecule has 0 atom stereocenters. The van der Waals surface area contributed by atoms with Crippen LogP contribution in [0.5, 0.6) is 0 Å². The predicted molar refractivity (Wildman–Crippen MR) is 98.3 cm³/mol. The van der Waals surface area contributed by atoms with Crippen LogP contribution in [0.3, 0.4) is 0 Å². The summed E-state index contributed by atoms with van der Waals surface area (Å²) in [5, 5.41) is 11.5. The Morgan fingerprint density at radius 3 is 2.86 bits per heavy atom. The van der Waals surface area contributed by atoms with Gasteiger partial charge in [0.15, 0.2) is 5.96 Å². The first-order valence-electron chi connectivity index (χ1n) is 7.04. The average molecular weight is 422 g/mol. The molecule has 0 unspecified atom stereocenters. The number of halogens is 1. The Bertz CT molecular complexity index is 446. The molecule has 1 fully saturated rings. The highest BCUT2D eigenvalue weighted by Gasteiger charge is 2.22. The third kappa shape index (κ3) is 7.66. The second-order valence-electron chi connectivity index (χ2n) is 4.88. The number of carbonyl (C=O) groups is 1. The number of thiophene rings is 1. The number of carbonyl (C=O) groups excluding carboxylic acids is 1. The van der Waals surface area contributed by atoms with Gasteiger partial charge in [-0.25, -0.2) is 0 Å². The number of amides is 1. The minimum atomic E-state index is 0. The first kappa shape index (κ1) is 18.2. The van der Waals surface area contributed by atoms with Crippen LogP contribution >= 0.6 is 35.3 Å². The van der Waals surface area contributed by atoms with Crippen molar-refractivity contribution in [3.8, 4) is 0 Å². The summed E-state index contributed by atoms with van der Waals surface area (Å²) in [6, 6.07) is 4.58. The molecule has 118 valence electrons. The highest BCUT2D eigenvalue weighted by atomic mass is 127. The summed E-state index contributed by atoms with van der Waals surface area (Å²) in [5.74, 6) is 0.942. The van der Waals surface area contributed by atoms with Crippen molar-refractivity contribution in [1.82, 2.24) is 16.0 Å². The van der Waals surface area contributed by atoms with E-state index in [2.05, 4.69) is 32.4 Å². The van der Waals surface area contributed by atoms with Gasteiger partial charge in [-0.1, -0.05) is 6.07 Å². The van der Waals surface area contributed by atoms with Gasteiger partial charge in [-0.05, 0) is 30.7 Å². The van der Waals surface area contributed by atoms with Crippen LogP contribution in [0.15, 0.2) is 22.5 Å². The monoisotopic (exact) mass is 422 g/mol. The van der Waals surface area contributed by atoms with Crippen molar-refractivity contribution in [2.45, 2.75) is 38.3 Å². The number of aliphatic imine (C=N–C) groups is 1. The molecule has 1 aliphatic rings. The van der Waals surface area contributed by atoms with Gasteiger partial charge < -0.3 is 16.0 Å². The Morgan fingerprint density at radius 1 is 1.43 bits per heavy atom. The van der Waals surface area contributed by atoms with Crippen LogP contribution in [0, 0.1) is 0 Å². The molecule has 1 heterocycles. The van der Waals surface area contributed by atoms with Gasteiger partial charge in [-0.2, -0.15) is 0 Å². The maximum Gasteiger partial charge on any atom is 0.220 e. The first-order chi connectivity index (χ1) is 9.78. The first-order valence-corrected chi connectivity index (χ1v) is 7.92. The molecule has 1 amide bonds. The Kier molecular flexibility index (Phi) is 8.67. The van der Waals surface area contributed by atoms with E-state index < -0.39 is 0 Å². The van der Waals surface area contributed by atoms with E-state index in [1.54, 1.807) is 18.4 Å². The molecule has 1 aliphatic carbocycles. The van der Waals surface area contributed by atoms with Gasteiger partial charge in [-0.3, -0.25) is 9.79 Å². The lowest BCUT2D eigenvalue weighted by Gasteiger charge is -2.11. The fourth-order valence-electron chi connectivity index (χ4n) is 1.79. The van der Waals surface area contributed by atoms with Crippen LogP contribution in [0.2, 0.25) is 0 Å². The van der Waals surface area contributed by atoms with Gasteiger partial charge in [0.25, 0.3) is 0 Å². The molecule has 21 heavy (non-hydrogen) atoms. The fraction of sp³-hybridized carbons (Fsp3) is 0.571. The number of hydrogen-bond donors (Lipinski definition) is 3. The molecule has 7 heteroatoms. The Balaban J connectivity index is 0.00000220. The SMILES string of the molecule is CN=C(NCCCC(=O)NC1CC1)NCc1cccs1.I. The molecule has 0 radical (unpaired) electrons. The highest BCUT2D eigenvalue weighted by Crippen LogP contribution is 2.18. The highest BCUT2D eigenvalue weighted by molar-refractivity contribution is 14.0. The molecule has 3 N–H and O–H groups in total. The molecule has 5 nitrogen and oxygen atoms in total. The van der Waals surface area contributed by atoms with E-state index in [0.717, 1.165) is 38.3 Å². The molecule has 0 aromatic carbocycles. The maximum atomic E-state index is 11.5. The summed E-state index contributed by atoms with van der Waals surface area (Å²) in [5.41, 5.74) is 0. The Morgan fingerprint density at radius 2 is 2.24 bits per heavy atom. The van der Waals surface area contributed by atoms with E-state index in [-0.39, 0.29) is 29.9 Å². The van der Waals surface area contributed by atoms with Crippen molar-refractivity contribution in [1.29, 1.82) is 0 Å². The number of hydrogen-bond acceptors (Lipinski definition) is 3. The van der Waals surface area contributed by atoms with Crippen molar-refractivity contribution in [3.05, 3.63) is 22.4 Å². The second-order valence-corrected chi connectivity index (χ2v) is 5.91. The average Bonchev–Trinajstić information content (AvgIpc) is 3.10. The minimum Gasteiger partial charge on any atom is -0.356 e. The van der Waals surface area contributed by atoms with Gasteiger partial charge >= 0.3 is 0 Å². The van der Waals surface area contributed by atoms with Crippen molar-refractivity contribution in [2.24, 2.45) is 4.99 Å². The smallest absolute Gasteiger partial charge is 0.220 e. The molecule has 1 aromatic rings. The van der Waals surface area contributed by atoms with Crippen LogP contribution in [0.25, 0.3) is 0 Å². The maximum absolute atomic E-state index is 11.5. The number of nitrogens with zero attached hydrogens (tertiary/aromatic N) is 1. The molecule has 0 spiro atoms. The zero-order valence-electron chi connectivity index (χ0n) is 12.2. The van der Waals surface area contributed by atoms with Gasteiger partial charge in [0.2, 0.25) is 5.91 Å². The molecule has 2 rings (SSSR count). The molecular formula is C14H23IN4OS. The number of guanidine groups is 1. The fourth-order valence-corrected chi connectivity index (χ4v) is 2.43. The summed E-state index contributed by atoms with van der Waals surface area (Å²) in [4.78, 5) is 16.9. The topological polar surface area (TPSA) is 65.5 Å². The molecule has 0 bridgehead atoms. The molecule has 0 saturated heterocycles. The van der Waals surface area contributed by atoms with E-state index in [9.17, 15) is 4.79 Å². The van der Waals surface area contributed by atoms with Crippen molar-refractivity contribution in [2.75, 3.05) is 13.6 Å². The predicted octanol–water partition coefficient (Wildman–Crippen LogP) is 2.09. The number of rotatable bonds is 7. The van der Waals surface area contributed by atoms with Crippen LogP contribution in [0.1, 0.15) is 30.6 Å². The summed E-state index contributed by atoms with van der Waals surface area (Å²) in [6.45, 7) is 1.53. The quantitative estimate of drug-likeness (QED) is 0.273. The van der Waals surface area contributed by atoms with Gasteiger partial charge in [-0.15, -0.1) is 35.3 Å². The molecule has 0 aliphatic heterocycles. The number of nitrogens with one attached hydrogen (secondary N) is 3. The summed E-state index contributed by atoms with van der Waals surface area (Å²) in [6.07, 6.45) is 3.68.